The molecule has 0 aliphatic carbocycles. The van der Waals surface area contributed by atoms with Gasteiger partial charge in [0.1, 0.15) is 10.8 Å². The fourth-order valence-corrected chi connectivity index (χ4v) is 3.65. The van der Waals surface area contributed by atoms with Gasteiger partial charge in [0, 0.05) is 41.4 Å². The summed E-state index contributed by atoms with van der Waals surface area (Å²) in [5.74, 6) is -0.684. The summed E-state index contributed by atoms with van der Waals surface area (Å²) in [4.78, 5) is 30.9. The second kappa shape index (κ2) is 9.93. The normalized spacial score (nSPS) is 10.9. The molecule has 0 bridgehead atoms. The maximum absolute atomic E-state index is 13.0. The van der Waals surface area contributed by atoms with Crippen molar-refractivity contribution in [2.45, 2.75) is 13.8 Å². The minimum Gasteiger partial charge on any atom is -0.339 e. The van der Waals surface area contributed by atoms with Crippen LogP contribution in [0.5, 0.6) is 0 Å². The van der Waals surface area contributed by atoms with Crippen molar-refractivity contribution in [1.82, 2.24) is 9.88 Å². The molecule has 3 aromatic rings. The number of benzene rings is 2. The smallest absolute Gasteiger partial charge is 0.253 e. The lowest BCUT2D eigenvalue weighted by molar-refractivity contribution is -0.111. The standard InChI is InChI=1S/C23H22FN3O2S/c1-3-27(4-2)23(29)17-6-5-7-19(14-17)25-21(28)13-12-20-15-30-22(26-20)16-8-10-18(24)11-9-16/h5-15H,3-4H2,1-2H3,(H,25,28)/b13-12+. The van der Waals surface area contributed by atoms with Crippen molar-refractivity contribution in [3.63, 3.8) is 0 Å². The van der Waals surface area contributed by atoms with Crippen molar-refractivity contribution in [1.29, 1.82) is 0 Å². The molecule has 0 unspecified atom stereocenters. The third-order valence-corrected chi connectivity index (χ3v) is 5.36. The summed E-state index contributed by atoms with van der Waals surface area (Å²) in [5.41, 5.74) is 2.54. The Balaban J connectivity index is 1.65. The summed E-state index contributed by atoms with van der Waals surface area (Å²) in [6.07, 6.45) is 3.01. The molecule has 0 saturated carbocycles. The van der Waals surface area contributed by atoms with E-state index in [9.17, 15) is 14.0 Å². The molecule has 0 aliphatic heterocycles. The Bertz CT molecular complexity index is 1060. The van der Waals surface area contributed by atoms with E-state index in [4.69, 9.17) is 0 Å². The van der Waals surface area contributed by atoms with E-state index in [-0.39, 0.29) is 17.6 Å². The molecule has 1 aromatic heterocycles. The number of hydrogen-bond donors (Lipinski definition) is 1. The highest BCUT2D eigenvalue weighted by atomic mass is 32.1. The molecule has 7 heteroatoms. The second-order valence-electron chi connectivity index (χ2n) is 6.47. The first-order chi connectivity index (χ1) is 14.5. The Hall–Kier alpha value is -3.32. The number of aromatic nitrogens is 1. The molecule has 2 aromatic carbocycles. The zero-order valence-electron chi connectivity index (χ0n) is 16.8. The number of thiazole rings is 1. The zero-order valence-corrected chi connectivity index (χ0v) is 17.6. The largest absolute Gasteiger partial charge is 0.339 e. The second-order valence-corrected chi connectivity index (χ2v) is 7.32. The maximum Gasteiger partial charge on any atom is 0.253 e. The van der Waals surface area contributed by atoms with Crippen LogP contribution in [0, 0.1) is 5.82 Å². The molecule has 154 valence electrons. The minimum atomic E-state index is -0.321. The Morgan fingerprint density at radius 3 is 2.57 bits per heavy atom. The van der Waals surface area contributed by atoms with Crippen LogP contribution in [0.1, 0.15) is 29.9 Å². The van der Waals surface area contributed by atoms with Gasteiger partial charge >= 0.3 is 0 Å². The van der Waals surface area contributed by atoms with Crippen molar-refractivity contribution >= 4 is 34.9 Å². The van der Waals surface area contributed by atoms with Gasteiger partial charge in [-0.1, -0.05) is 6.07 Å². The van der Waals surface area contributed by atoms with E-state index in [1.807, 2.05) is 19.2 Å². The molecule has 0 fully saturated rings. The molecule has 5 nitrogen and oxygen atoms in total. The predicted octanol–water partition coefficient (Wildman–Crippen LogP) is 5.08. The average molecular weight is 424 g/mol. The van der Waals surface area contributed by atoms with Gasteiger partial charge in [-0.15, -0.1) is 11.3 Å². The van der Waals surface area contributed by atoms with Gasteiger partial charge in [0.2, 0.25) is 5.91 Å². The summed E-state index contributed by atoms with van der Waals surface area (Å²) in [6.45, 7) is 5.11. The third kappa shape index (κ3) is 5.39. The highest BCUT2D eigenvalue weighted by Gasteiger charge is 2.13. The summed E-state index contributed by atoms with van der Waals surface area (Å²) in [6, 6.07) is 13.0. The van der Waals surface area contributed by atoms with Crippen LogP contribution in [-0.2, 0) is 4.79 Å². The lowest BCUT2D eigenvalue weighted by Crippen LogP contribution is -2.30. The zero-order chi connectivity index (χ0) is 21.5. The number of anilines is 1. The van der Waals surface area contributed by atoms with Crippen molar-refractivity contribution in [3.8, 4) is 10.6 Å². The number of amides is 2. The van der Waals surface area contributed by atoms with Gasteiger partial charge in [-0.2, -0.15) is 0 Å². The van der Waals surface area contributed by atoms with Gasteiger partial charge in [-0.05, 0) is 62.4 Å². The highest BCUT2D eigenvalue weighted by Crippen LogP contribution is 2.24. The summed E-state index contributed by atoms with van der Waals surface area (Å²) in [7, 11) is 0. The lowest BCUT2D eigenvalue weighted by atomic mass is 10.1. The van der Waals surface area contributed by atoms with Crippen LogP contribution in [0.3, 0.4) is 0 Å². The Kier molecular flexibility index (Phi) is 7.08. The molecule has 1 heterocycles. The van der Waals surface area contributed by atoms with Crippen molar-refractivity contribution in [2.24, 2.45) is 0 Å². The SMILES string of the molecule is CCN(CC)C(=O)c1cccc(NC(=O)/C=C/c2csc(-c3ccc(F)cc3)n2)c1. The van der Waals surface area contributed by atoms with Crippen LogP contribution in [0.25, 0.3) is 16.6 Å². The molecule has 2 amide bonds. The first-order valence-electron chi connectivity index (χ1n) is 9.60. The van der Waals surface area contributed by atoms with Crippen molar-refractivity contribution in [2.75, 3.05) is 18.4 Å². The molecule has 0 aliphatic rings. The Labute approximate surface area is 178 Å². The molecular formula is C23H22FN3O2S. The van der Waals surface area contributed by atoms with Crippen LogP contribution in [0.15, 0.2) is 60.0 Å². The quantitative estimate of drug-likeness (QED) is 0.539. The van der Waals surface area contributed by atoms with Crippen molar-refractivity contribution < 1.29 is 14.0 Å². The predicted molar refractivity (Wildman–Crippen MR) is 119 cm³/mol. The van der Waals surface area contributed by atoms with E-state index in [0.29, 0.717) is 30.0 Å². The van der Waals surface area contributed by atoms with E-state index < -0.39 is 0 Å². The van der Waals surface area contributed by atoms with Gasteiger partial charge in [0.05, 0.1) is 5.69 Å². The molecular weight excluding hydrogens is 401 g/mol. The van der Waals surface area contributed by atoms with E-state index >= 15 is 0 Å². The molecule has 3 rings (SSSR count). The number of carbonyl (C=O) groups excluding carboxylic acids is 2. The van der Waals surface area contributed by atoms with E-state index in [1.54, 1.807) is 47.4 Å². The van der Waals surface area contributed by atoms with E-state index in [0.717, 1.165) is 10.6 Å². The Morgan fingerprint density at radius 2 is 1.87 bits per heavy atom. The number of nitrogens with one attached hydrogen (secondary N) is 1. The number of rotatable bonds is 7. The fraction of sp³-hybridized carbons (Fsp3) is 0.174. The summed E-state index contributed by atoms with van der Waals surface area (Å²) < 4.78 is 13.0. The van der Waals surface area contributed by atoms with Gasteiger partial charge < -0.3 is 10.2 Å². The van der Waals surface area contributed by atoms with Crippen LogP contribution >= 0.6 is 11.3 Å². The van der Waals surface area contributed by atoms with Gasteiger partial charge in [-0.3, -0.25) is 9.59 Å². The van der Waals surface area contributed by atoms with Gasteiger partial charge in [0.15, 0.2) is 0 Å². The molecule has 30 heavy (non-hydrogen) atoms. The number of carbonyl (C=O) groups is 2. The highest BCUT2D eigenvalue weighted by molar-refractivity contribution is 7.13. The topological polar surface area (TPSA) is 62.3 Å². The molecule has 0 spiro atoms. The lowest BCUT2D eigenvalue weighted by Gasteiger charge is -2.18. The number of nitrogens with zero attached hydrogens (tertiary/aromatic N) is 2. The molecule has 1 N–H and O–H groups in total. The minimum absolute atomic E-state index is 0.0672. The molecule has 0 atom stereocenters. The molecule has 0 saturated heterocycles. The first kappa shape index (κ1) is 21.4. The fourth-order valence-electron chi connectivity index (χ4n) is 2.86. The van der Waals surface area contributed by atoms with Gasteiger partial charge in [-0.25, -0.2) is 9.37 Å². The number of hydrogen-bond acceptors (Lipinski definition) is 4. The van der Waals surface area contributed by atoms with Crippen LogP contribution in [0.4, 0.5) is 10.1 Å². The van der Waals surface area contributed by atoms with Crippen molar-refractivity contribution in [3.05, 3.63) is 77.1 Å². The summed E-state index contributed by atoms with van der Waals surface area (Å²) >= 11 is 1.42. The Morgan fingerprint density at radius 1 is 1.13 bits per heavy atom. The van der Waals surface area contributed by atoms with E-state index in [2.05, 4.69) is 10.3 Å². The average Bonchev–Trinajstić information content (AvgIpc) is 3.23. The van der Waals surface area contributed by atoms with Crippen LogP contribution in [-0.4, -0.2) is 34.8 Å². The monoisotopic (exact) mass is 423 g/mol. The number of halogens is 1. The van der Waals surface area contributed by atoms with Crippen LogP contribution < -0.4 is 5.32 Å². The maximum atomic E-state index is 13.0. The van der Waals surface area contributed by atoms with E-state index in [1.165, 1.54) is 29.5 Å². The van der Waals surface area contributed by atoms with Crippen LogP contribution in [0.2, 0.25) is 0 Å². The third-order valence-electron chi connectivity index (χ3n) is 4.45. The first-order valence-corrected chi connectivity index (χ1v) is 10.5. The molecule has 0 radical (unpaired) electrons. The van der Waals surface area contributed by atoms with Gasteiger partial charge in [0.25, 0.3) is 5.91 Å². The summed E-state index contributed by atoms with van der Waals surface area (Å²) in [5, 5.41) is 5.34.